The molecule has 28 heavy (non-hydrogen) atoms. The fraction of sp³-hybridized carbons (Fsp3) is 0.500. The van der Waals surface area contributed by atoms with Crippen molar-refractivity contribution in [1.82, 2.24) is 5.32 Å². The van der Waals surface area contributed by atoms with Gasteiger partial charge in [-0.15, -0.1) is 13.2 Å². The Bertz CT molecular complexity index is 740. The van der Waals surface area contributed by atoms with E-state index in [1.165, 1.54) is 0 Å². The van der Waals surface area contributed by atoms with Gasteiger partial charge in [-0.2, -0.15) is 8.42 Å². The van der Waals surface area contributed by atoms with Crippen molar-refractivity contribution in [2.45, 2.75) is 38.5 Å². The van der Waals surface area contributed by atoms with Crippen LogP contribution in [0.2, 0.25) is 0 Å². The Labute approximate surface area is 160 Å². The molecule has 0 fully saturated rings. The van der Waals surface area contributed by atoms with Crippen molar-refractivity contribution in [2.75, 3.05) is 12.8 Å². The number of nitrogens with one attached hydrogen (secondary N) is 1. The van der Waals surface area contributed by atoms with Crippen molar-refractivity contribution in [3.8, 4) is 0 Å². The monoisotopic (exact) mass is 426 g/mol. The molecule has 8 nitrogen and oxygen atoms in total. The highest BCUT2D eigenvalue weighted by atomic mass is 32.2. The summed E-state index contributed by atoms with van der Waals surface area (Å²) >= 11 is 0. The highest BCUT2D eigenvalue weighted by molar-refractivity contribution is 7.86. The third-order valence-electron chi connectivity index (χ3n) is 3.24. The van der Waals surface area contributed by atoms with E-state index < -0.39 is 34.7 Å². The number of halogens is 3. The molecule has 0 saturated heterocycles. The van der Waals surface area contributed by atoms with Crippen molar-refractivity contribution in [3.05, 3.63) is 35.9 Å². The number of hydrogen-bond acceptors (Lipinski definition) is 7. The van der Waals surface area contributed by atoms with E-state index in [0.29, 0.717) is 0 Å². The van der Waals surface area contributed by atoms with Crippen LogP contribution in [0, 0.1) is 0 Å². The Morgan fingerprint density at radius 2 is 1.93 bits per heavy atom. The van der Waals surface area contributed by atoms with Crippen LogP contribution in [-0.2, 0) is 30.4 Å². The number of benzene rings is 1. The smallest absolute Gasteiger partial charge is 0.445 e. The number of nitrogens with zero attached hydrogens (tertiary/aromatic N) is 1. The zero-order chi connectivity index (χ0) is 21.2. The molecule has 0 heterocycles. The molecule has 1 N–H and O–H groups in total. The minimum Gasteiger partial charge on any atom is -0.445 e. The molecular formula is C16H21F3N2O6S. The first kappa shape index (κ1) is 23.7. The van der Waals surface area contributed by atoms with Crippen LogP contribution in [0.4, 0.5) is 18.0 Å². The second kappa shape index (κ2) is 10.9. The Morgan fingerprint density at radius 1 is 1.29 bits per heavy atom. The number of rotatable bonds is 10. The molecule has 0 radical (unpaired) electrons. The fourth-order valence-electron chi connectivity index (χ4n) is 2.05. The van der Waals surface area contributed by atoms with Crippen LogP contribution in [0.25, 0.3) is 0 Å². The van der Waals surface area contributed by atoms with Gasteiger partial charge in [0.2, 0.25) is 0 Å². The summed E-state index contributed by atoms with van der Waals surface area (Å²) in [4.78, 5) is 15.3. The van der Waals surface area contributed by atoms with Gasteiger partial charge in [-0.1, -0.05) is 37.3 Å². The summed E-state index contributed by atoms with van der Waals surface area (Å²) in [7, 11) is -3.96. The Kier molecular flexibility index (Phi) is 9.19. The average Bonchev–Trinajstić information content (AvgIpc) is 2.59. The molecule has 0 aliphatic carbocycles. The molecule has 0 bridgehead atoms. The standard InChI is InChI=1S/C16H21F3N2O6S/c1-3-13(21-11-26-16(17,18)19)14(27-28(2,23)24)9-20-15(22)25-10-12-7-5-4-6-8-12/h4-8,11,13-14H,3,9-10H2,1-2H3,(H,20,22)/t13-,14-/m0/s1. The van der Waals surface area contributed by atoms with Crippen LogP contribution < -0.4 is 5.32 Å². The molecule has 1 amide bonds. The SMILES string of the molecule is CC[C@H](N=COC(F)(F)F)[C@H](CNC(=O)OCc1ccccc1)OS(C)(=O)=O. The molecule has 12 heteroatoms. The van der Waals surface area contributed by atoms with Crippen LogP contribution in [0.3, 0.4) is 0 Å². The lowest BCUT2D eigenvalue weighted by Gasteiger charge is -2.22. The van der Waals surface area contributed by atoms with E-state index in [1.807, 2.05) is 0 Å². The van der Waals surface area contributed by atoms with Crippen LogP contribution in [0.15, 0.2) is 35.3 Å². The Morgan fingerprint density at radius 3 is 2.46 bits per heavy atom. The second-order valence-corrected chi connectivity index (χ2v) is 7.18. The van der Waals surface area contributed by atoms with Gasteiger partial charge in [0.15, 0.2) is 6.40 Å². The Balaban J connectivity index is 2.68. The summed E-state index contributed by atoms with van der Waals surface area (Å²) in [6.07, 6.45) is -5.96. The van der Waals surface area contributed by atoms with E-state index in [-0.39, 0.29) is 26.0 Å². The topological polar surface area (TPSA) is 103 Å². The zero-order valence-corrected chi connectivity index (χ0v) is 16.0. The largest absolute Gasteiger partial charge is 0.573 e. The first-order valence-corrected chi connectivity index (χ1v) is 9.91. The van der Waals surface area contributed by atoms with Crippen molar-refractivity contribution in [2.24, 2.45) is 4.99 Å². The van der Waals surface area contributed by atoms with E-state index in [0.717, 1.165) is 11.8 Å². The molecule has 0 saturated carbocycles. The van der Waals surface area contributed by atoms with Gasteiger partial charge in [-0.25, -0.2) is 4.79 Å². The van der Waals surface area contributed by atoms with Crippen molar-refractivity contribution in [1.29, 1.82) is 0 Å². The van der Waals surface area contributed by atoms with Gasteiger partial charge in [0.1, 0.15) is 12.7 Å². The van der Waals surface area contributed by atoms with Crippen molar-refractivity contribution >= 4 is 22.6 Å². The summed E-state index contributed by atoms with van der Waals surface area (Å²) in [6.45, 7) is 1.18. The minimum absolute atomic E-state index is 0.0148. The van der Waals surface area contributed by atoms with Crippen LogP contribution in [-0.4, -0.2) is 52.2 Å². The number of aliphatic imine (C=N–C) groups is 1. The Hall–Kier alpha value is -2.34. The third kappa shape index (κ3) is 10.7. The molecule has 0 aliphatic rings. The summed E-state index contributed by atoms with van der Waals surface area (Å²) in [5, 5.41) is 2.31. The summed E-state index contributed by atoms with van der Waals surface area (Å²) in [5.74, 6) is 0. The summed E-state index contributed by atoms with van der Waals surface area (Å²) < 4.78 is 72.2. The number of carbonyl (C=O) groups excluding carboxylic acids is 1. The average molecular weight is 426 g/mol. The van der Waals surface area contributed by atoms with Crippen LogP contribution in [0.1, 0.15) is 18.9 Å². The number of ether oxygens (including phenoxy) is 2. The predicted octanol–water partition coefficient (Wildman–Crippen LogP) is 2.60. The number of amides is 1. The lowest BCUT2D eigenvalue weighted by Crippen LogP contribution is -2.41. The zero-order valence-electron chi connectivity index (χ0n) is 15.2. The summed E-state index contributed by atoms with van der Waals surface area (Å²) in [5.41, 5.74) is 0.738. The van der Waals surface area contributed by atoms with Gasteiger partial charge in [0, 0.05) is 0 Å². The number of alkyl halides is 3. The highest BCUT2D eigenvalue weighted by Crippen LogP contribution is 2.16. The van der Waals surface area contributed by atoms with Crippen LogP contribution >= 0.6 is 0 Å². The molecule has 0 unspecified atom stereocenters. The van der Waals surface area contributed by atoms with Crippen molar-refractivity contribution < 1.29 is 40.0 Å². The second-order valence-electron chi connectivity index (χ2n) is 5.58. The number of hydrogen-bond donors (Lipinski definition) is 1. The lowest BCUT2D eigenvalue weighted by molar-refractivity contribution is -0.280. The van der Waals surface area contributed by atoms with E-state index in [2.05, 4.69) is 15.0 Å². The maximum absolute atomic E-state index is 12.0. The van der Waals surface area contributed by atoms with Gasteiger partial charge in [-0.05, 0) is 12.0 Å². The molecule has 1 aromatic carbocycles. The molecular weight excluding hydrogens is 405 g/mol. The van der Waals surface area contributed by atoms with Gasteiger partial charge in [0.05, 0.1) is 18.8 Å². The maximum atomic E-state index is 12.0. The molecule has 0 aliphatic heterocycles. The maximum Gasteiger partial charge on any atom is 0.573 e. The molecule has 158 valence electrons. The highest BCUT2D eigenvalue weighted by Gasteiger charge is 2.30. The predicted molar refractivity (Wildman–Crippen MR) is 94.1 cm³/mol. The molecule has 2 atom stereocenters. The van der Waals surface area contributed by atoms with Crippen LogP contribution in [0.5, 0.6) is 0 Å². The number of alkyl carbamates (subject to hydrolysis) is 1. The van der Waals surface area contributed by atoms with Gasteiger partial charge < -0.3 is 14.8 Å². The quantitative estimate of drug-likeness (QED) is 0.350. The third-order valence-corrected chi connectivity index (χ3v) is 3.84. The van der Waals surface area contributed by atoms with Gasteiger partial charge >= 0.3 is 12.5 Å². The molecule has 1 aromatic rings. The van der Waals surface area contributed by atoms with Gasteiger partial charge in [0.25, 0.3) is 10.1 Å². The van der Waals surface area contributed by atoms with Crippen molar-refractivity contribution in [3.63, 3.8) is 0 Å². The molecule has 0 spiro atoms. The lowest BCUT2D eigenvalue weighted by atomic mass is 10.1. The van der Waals surface area contributed by atoms with E-state index in [1.54, 1.807) is 37.3 Å². The van der Waals surface area contributed by atoms with E-state index >= 15 is 0 Å². The minimum atomic E-state index is -4.92. The number of carbonyl (C=O) groups is 1. The summed E-state index contributed by atoms with van der Waals surface area (Å²) in [6, 6.07) is 7.78. The normalized spacial score (nSPS) is 14.5. The fourth-order valence-corrected chi connectivity index (χ4v) is 2.69. The van der Waals surface area contributed by atoms with E-state index in [4.69, 9.17) is 8.92 Å². The first-order chi connectivity index (χ1) is 13.0. The first-order valence-electron chi connectivity index (χ1n) is 8.09. The van der Waals surface area contributed by atoms with E-state index in [9.17, 15) is 26.4 Å². The van der Waals surface area contributed by atoms with Gasteiger partial charge in [-0.3, -0.25) is 9.18 Å². The molecule has 0 aromatic heterocycles. The molecule has 1 rings (SSSR count).